The number of thioether (sulfide) groups is 1. The van der Waals surface area contributed by atoms with Crippen molar-refractivity contribution in [3.05, 3.63) is 87.0 Å². The Kier molecular flexibility index (Phi) is 5.57. The normalized spacial score (nSPS) is 16.1. The first-order chi connectivity index (χ1) is 16.9. The van der Waals surface area contributed by atoms with Gasteiger partial charge in [-0.25, -0.2) is 8.97 Å². The highest BCUT2D eigenvalue weighted by molar-refractivity contribution is 7.98. The molecule has 0 amide bonds. The van der Waals surface area contributed by atoms with E-state index in [1.165, 1.54) is 16.0 Å². The average Bonchev–Trinajstić information content (AvgIpc) is 3.45. The van der Waals surface area contributed by atoms with Gasteiger partial charge in [0.2, 0.25) is 5.78 Å². The molecule has 0 saturated carbocycles. The van der Waals surface area contributed by atoms with Gasteiger partial charge in [0.15, 0.2) is 5.16 Å². The second kappa shape index (κ2) is 8.64. The number of benzene rings is 2. The van der Waals surface area contributed by atoms with E-state index in [1.807, 2.05) is 36.4 Å². The summed E-state index contributed by atoms with van der Waals surface area (Å²) in [5.41, 5.74) is 3.55. The number of para-hydroxylation sites is 1. The zero-order chi connectivity index (χ0) is 24.2. The quantitative estimate of drug-likeness (QED) is 0.263. The molecule has 5 nitrogen and oxygen atoms in total. The number of rotatable bonds is 4. The minimum Gasteiger partial charge on any atom is -0.268 e. The number of fused-ring (bicyclic) bond motifs is 5. The summed E-state index contributed by atoms with van der Waals surface area (Å²) in [5, 5.41) is 10.8. The second-order valence-corrected chi connectivity index (χ2v) is 12.4. The first-order valence-corrected chi connectivity index (χ1v) is 13.9. The van der Waals surface area contributed by atoms with E-state index in [0.29, 0.717) is 11.7 Å². The van der Waals surface area contributed by atoms with Gasteiger partial charge in [-0.3, -0.25) is 4.79 Å². The third-order valence-electron chi connectivity index (χ3n) is 7.13. The van der Waals surface area contributed by atoms with E-state index >= 15 is 0 Å². The molecule has 0 spiro atoms. The number of hydrogen-bond donors (Lipinski definition) is 0. The predicted molar refractivity (Wildman–Crippen MR) is 145 cm³/mol. The van der Waals surface area contributed by atoms with Crippen LogP contribution in [0.25, 0.3) is 21.7 Å². The van der Waals surface area contributed by atoms with Crippen LogP contribution in [0.4, 0.5) is 0 Å². The smallest absolute Gasteiger partial charge is 0.268 e. The average molecular weight is 501 g/mol. The van der Waals surface area contributed by atoms with Crippen LogP contribution in [0.5, 0.6) is 0 Å². The van der Waals surface area contributed by atoms with Crippen LogP contribution in [0.3, 0.4) is 0 Å². The van der Waals surface area contributed by atoms with Crippen molar-refractivity contribution in [2.24, 2.45) is 11.3 Å². The van der Waals surface area contributed by atoms with Gasteiger partial charge in [-0.1, -0.05) is 81.1 Å². The van der Waals surface area contributed by atoms with E-state index in [4.69, 9.17) is 0 Å². The highest BCUT2D eigenvalue weighted by Gasteiger charge is 2.33. The minimum atomic E-state index is 0.0115. The molecule has 1 atom stereocenters. The Morgan fingerprint density at radius 1 is 1.03 bits per heavy atom. The molecule has 1 aliphatic rings. The van der Waals surface area contributed by atoms with Crippen LogP contribution >= 0.6 is 23.1 Å². The van der Waals surface area contributed by atoms with Crippen LogP contribution in [0.1, 0.15) is 43.2 Å². The Hall–Kier alpha value is -2.90. The van der Waals surface area contributed by atoms with Crippen molar-refractivity contribution in [3.8, 4) is 5.69 Å². The van der Waals surface area contributed by atoms with E-state index in [9.17, 15) is 4.79 Å². The molecule has 3 aromatic heterocycles. The standard InChI is InChI=1S/C28H28N4OS2/c1-28(2,3)19-14-15-21-22(16-19)35-25-23(21)24(33)31(20-12-8-5-9-13-20)26-29-30-27(32(25)26)34-17-18-10-6-4-7-11-18/h4-13,19H,14-17H2,1-3H3. The lowest BCUT2D eigenvalue weighted by Gasteiger charge is -2.33. The fourth-order valence-corrected chi connectivity index (χ4v) is 7.47. The van der Waals surface area contributed by atoms with Crippen LogP contribution in [-0.2, 0) is 18.6 Å². The van der Waals surface area contributed by atoms with E-state index in [-0.39, 0.29) is 11.0 Å². The number of hydrogen-bond acceptors (Lipinski definition) is 5. The molecule has 0 fully saturated rings. The van der Waals surface area contributed by atoms with Crippen molar-refractivity contribution in [2.45, 2.75) is 50.9 Å². The third kappa shape index (κ3) is 3.91. The molecule has 178 valence electrons. The van der Waals surface area contributed by atoms with Crippen molar-refractivity contribution >= 4 is 39.1 Å². The molecule has 1 unspecified atom stereocenters. The van der Waals surface area contributed by atoms with Crippen molar-refractivity contribution in [1.82, 2.24) is 19.2 Å². The van der Waals surface area contributed by atoms with Crippen molar-refractivity contribution in [1.29, 1.82) is 0 Å². The fourth-order valence-electron chi connectivity index (χ4n) is 5.10. The van der Waals surface area contributed by atoms with Gasteiger partial charge >= 0.3 is 0 Å². The topological polar surface area (TPSA) is 52.2 Å². The molecular weight excluding hydrogens is 472 g/mol. The molecule has 2 aromatic carbocycles. The monoisotopic (exact) mass is 500 g/mol. The molecule has 7 heteroatoms. The summed E-state index contributed by atoms with van der Waals surface area (Å²) in [6.07, 6.45) is 3.09. The van der Waals surface area contributed by atoms with Crippen LogP contribution in [-0.4, -0.2) is 19.2 Å². The summed E-state index contributed by atoms with van der Waals surface area (Å²) < 4.78 is 3.86. The Morgan fingerprint density at radius 3 is 2.46 bits per heavy atom. The highest BCUT2D eigenvalue weighted by Crippen LogP contribution is 2.43. The van der Waals surface area contributed by atoms with E-state index in [1.54, 1.807) is 27.7 Å². The Labute approximate surface area is 212 Å². The van der Waals surface area contributed by atoms with Crippen LogP contribution in [0, 0.1) is 11.3 Å². The van der Waals surface area contributed by atoms with Gasteiger partial charge < -0.3 is 0 Å². The Morgan fingerprint density at radius 2 is 1.74 bits per heavy atom. The van der Waals surface area contributed by atoms with Gasteiger partial charge in [-0.15, -0.1) is 21.5 Å². The lowest BCUT2D eigenvalue weighted by Crippen LogP contribution is -2.27. The van der Waals surface area contributed by atoms with Gasteiger partial charge in [-0.05, 0) is 53.9 Å². The molecule has 3 heterocycles. The van der Waals surface area contributed by atoms with Gasteiger partial charge in [-0.2, -0.15) is 0 Å². The molecule has 0 saturated heterocycles. The summed E-state index contributed by atoms with van der Waals surface area (Å²) in [6, 6.07) is 20.2. The summed E-state index contributed by atoms with van der Waals surface area (Å²) in [7, 11) is 0. The largest absolute Gasteiger partial charge is 0.268 e. The molecule has 6 rings (SSSR count). The van der Waals surface area contributed by atoms with Crippen LogP contribution < -0.4 is 5.56 Å². The van der Waals surface area contributed by atoms with Crippen molar-refractivity contribution in [2.75, 3.05) is 0 Å². The minimum absolute atomic E-state index is 0.0115. The maximum absolute atomic E-state index is 14.0. The maximum Gasteiger partial charge on any atom is 0.268 e. The zero-order valence-corrected chi connectivity index (χ0v) is 21.8. The first kappa shape index (κ1) is 22.6. The lowest BCUT2D eigenvalue weighted by molar-refractivity contribution is 0.218. The van der Waals surface area contributed by atoms with Crippen LogP contribution in [0.15, 0.2) is 70.6 Å². The maximum atomic E-state index is 14.0. The zero-order valence-electron chi connectivity index (χ0n) is 20.2. The SMILES string of the molecule is CC(C)(C)C1CCc2c(sc3c2c(=O)n(-c2ccccc2)c2nnc(SCc4ccccc4)n32)C1. The molecule has 5 aromatic rings. The highest BCUT2D eigenvalue weighted by atomic mass is 32.2. The first-order valence-electron chi connectivity index (χ1n) is 12.1. The Bertz CT molecular complexity index is 1580. The van der Waals surface area contributed by atoms with E-state index < -0.39 is 0 Å². The fraction of sp³-hybridized carbons (Fsp3) is 0.321. The lowest BCUT2D eigenvalue weighted by atomic mass is 9.72. The molecular formula is C28H28N4OS2. The molecule has 0 bridgehead atoms. The molecule has 0 aliphatic heterocycles. The summed E-state index contributed by atoms with van der Waals surface area (Å²) in [5.74, 6) is 1.99. The molecule has 1 aliphatic carbocycles. The van der Waals surface area contributed by atoms with Gasteiger partial charge in [0, 0.05) is 10.6 Å². The van der Waals surface area contributed by atoms with Crippen LogP contribution in [0.2, 0.25) is 0 Å². The third-order valence-corrected chi connectivity index (χ3v) is 9.37. The van der Waals surface area contributed by atoms with E-state index in [0.717, 1.165) is 46.1 Å². The van der Waals surface area contributed by atoms with Gasteiger partial charge in [0.25, 0.3) is 5.56 Å². The number of aromatic nitrogens is 4. The number of thiophene rings is 1. The van der Waals surface area contributed by atoms with Crippen molar-refractivity contribution < 1.29 is 0 Å². The second-order valence-electron chi connectivity index (χ2n) is 10.4. The predicted octanol–water partition coefficient (Wildman–Crippen LogP) is 6.54. The van der Waals surface area contributed by atoms with Crippen molar-refractivity contribution in [3.63, 3.8) is 0 Å². The Balaban J connectivity index is 1.58. The van der Waals surface area contributed by atoms with E-state index in [2.05, 4.69) is 59.6 Å². The summed E-state index contributed by atoms with van der Waals surface area (Å²) in [6.45, 7) is 6.98. The summed E-state index contributed by atoms with van der Waals surface area (Å²) in [4.78, 5) is 16.4. The number of aryl methyl sites for hydroxylation is 1. The molecule has 0 N–H and O–H groups in total. The summed E-state index contributed by atoms with van der Waals surface area (Å²) >= 11 is 3.43. The molecule has 0 radical (unpaired) electrons. The molecule has 35 heavy (non-hydrogen) atoms. The number of nitrogens with zero attached hydrogens (tertiary/aromatic N) is 4. The van der Waals surface area contributed by atoms with Gasteiger partial charge in [0.1, 0.15) is 4.83 Å². The van der Waals surface area contributed by atoms with Gasteiger partial charge in [0.05, 0.1) is 11.1 Å².